The highest BCUT2D eigenvalue weighted by Crippen LogP contribution is 2.28. The van der Waals surface area contributed by atoms with E-state index in [0.29, 0.717) is 6.04 Å². The van der Waals surface area contributed by atoms with E-state index < -0.39 is 0 Å². The molecule has 1 aliphatic rings. The van der Waals surface area contributed by atoms with Crippen molar-refractivity contribution in [2.24, 2.45) is 0 Å². The molecule has 0 amide bonds. The van der Waals surface area contributed by atoms with E-state index in [-0.39, 0.29) is 6.04 Å². The molecule has 0 spiro atoms. The number of hydrogen-bond donors (Lipinski definition) is 1. The van der Waals surface area contributed by atoms with Crippen LogP contribution >= 0.6 is 27.7 Å². The van der Waals surface area contributed by atoms with E-state index in [9.17, 15) is 0 Å². The standard InChI is InChI=1S/C12H13BrN2S/c13-11-3-1-2-4-12(11)16-8-10(7-14)15-9-5-6-9/h1-4,9-10,15H,5-6,8H2. The van der Waals surface area contributed by atoms with Gasteiger partial charge in [-0.15, -0.1) is 11.8 Å². The first-order valence-corrected chi connectivity index (χ1v) is 7.10. The molecule has 2 nitrogen and oxygen atoms in total. The van der Waals surface area contributed by atoms with Crippen molar-refractivity contribution in [3.05, 3.63) is 28.7 Å². The van der Waals surface area contributed by atoms with Crippen molar-refractivity contribution >= 4 is 27.7 Å². The number of nitrogens with zero attached hydrogens (tertiary/aromatic N) is 1. The summed E-state index contributed by atoms with van der Waals surface area (Å²) < 4.78 is 1.10. The molecule has 0 heterocycles. The fraction of sp³-hybridized carbons (Fsp3) is 0.417. The molecular weight excluding hydrogens is 284 g/mol. The molecule has 1 aromatic rings. The number of nitrogens with one attached hydrogen (secondary N) is 1. The number of benzene rings is 1. The van der Waals surface area contributed by atoms with Gasteiger partial charge in [0.15, 0.2) is 0 Å². The van der Waals surface area contributed by atoms with E-state index in [0.717, 1.165) is 10.2 Å². The van der Waals surface area contributed by atoms with Crippen molar-refractivity contribution in [2.75, 3.05) is 5.75 Å². The molecule has 4 heteroatoms. The van der Waals surface area contributed by atoms with Crippen molar-refractivity contribution in [1.29, 1.82) is 5.26 Å². The van der Waals surface area contributed by atoms with Gasteiger partial charge >= 0.3 is 0 Å². The predicted octanol–water partition coefficient (Wildman–Crippen LogP) is 3.19. The Bertz CT molecular complexity index is 398. The van der Waals surface area contributed by atoms with Gasteiger partial charge in [-0.2, -0.15) is 5.26 Å². The Morgan fingerprint density at radius 1 is 1.50 bits per heavy atom. The van der Waals surface area contributed by atoms with Gasteiger partial charge in [-0.3, -0.25) is 5.32 Å². The lowest BCUT2D eigenvalue weighted by molar-refractivity contribution is 0.644. The van der Waals surface area contributed by atoms with Crippen molar-refractivity contribution < 1.29 is 0 Å². The van der Waals surface area contributed by atoms with Crippen LogP contribution in [0.4, 0.5) is 0 Å². The van der Waals surface area contributed by atoms with Crippen LogP contribution in [0, 0.1) is 11.3 Å². The van der Waals surface area contributed by atoms with Crippen molar-refractivity contribution in [2.45, 2.75) is 29.8 Å². The zero-order valence-electron chi connectivity index (χ0n) is 8.82. The second-order valence-electron chi connectivity index (χ2n) is 3.86. The summed E-state index contributed by atoms with van der Waals surface area (Å²) in [6.45, 7) is 0. The summed E-state index contributed by atoms with van der Waals surface area (Å²) in [5.41, 5.74) is 0. The van der Waals surface area contributed by atoms with Gasteiger partial charge in [0.25, 0.3) is 0 Å². The van der Waals surface area contributed by atoms with Crippen LogP contribution in [-0.4, -0.2) is 17.8 Å². The largest absolute Gasteiger partial charge is 0.298 e. The Morgan fingerprint density at radius 2 is 2.25 bits per heavy atom. The van der Waals surface area contributed by atoms with Crippen LogP contribution in [0.5, 0.6) is 0 Å². The van der Waals surface area contributed by atoms with Crippen LogP contribution in [0.3, 0.4) is 0 Å². The maximum Gasteiger partial charge on any atom is 0.105 e. The van der Waals surface area contributed by atoms with Gasteiger partial charge < -0.3 is 0 Å². The van der Waals surface area contributed by atoms with E-state index in [1.807, 2.05) is 18.2 Å². The van der Waals surface area contributed by atoms with Gasteiger partial charge in [0, 0.05) is 21.2 Å². The first-order chi connectivity index (χ1) is 7.79. The first-order valence-electron chi connectivity index (χ1n) is 5.32. The van der Waals surface area contributed by atoms with Crippen LogP contribution in [0.15, 0.2) is 33.6 Å². The Hall–Kier alpha value is -0.500. The number of nitriles is 1. The molecule has 1 aliphatic carbocycles. The molecule has 2 rings (SSSR count). The predicted molar refractivity (Wildman–Crippen MR) is 70.4 cm³/mol. The Kier molecular flexibility index (Phi) is 4.28. The Balaban J connectivity index is 1.85. The Morgan fingerprint density at radius 3 is 2.88 bits per heavy atom. The molecule has 16 heavy (non-hydrogen) atoms. The van der Waals surface area contributed by atoms with E-state index in [1.54, 1.807) is 11.8 Å². The third-order valence-electron chi connectivity index (χ3n) is 2.41. The van der Waals surface area contributed by atoms with Crippen molar-refractivity contribution in [1.82, 2.24) is 5.32 Å². The monoisotopic (exact) mass is 296 g/mol. The summed E-state index contributed by atoms with van der Waals surface area (Å²) in [6.07, 6.45) is 2.44. The molecular formula is C12H13BrN2S. The lowest BCUT2D eigenvalue weighted by Gasteiger charge is -2.10. The molecule has 0 radical (unpaired) electrons. The highest BCUT2D eigenvalue weighted by Gasteiger charge is 2.24. The average molecular weight is 297 g/mol. The molecule has 1 unspecified atom stereocenters. The SMILES string of the molecule is N#CC(CSc1ccccc1Br)NC1CC1. The van der Waals surface area contributed by atoms with Crippen LogP contribution in [0.1, 0.15) is 12.8 Å². The summed E-state index contributed by atoms with van der Waals surface area (Å²) in [7, 11) is 0. The quantitative estimate of drug-likeness (QED) is 0.848. The van der Waals surface area contributed by atoms with E-state index in [2.05, 4.69) is 33.4 Å². The molecule has 84 valence electrons. The van der Waals surface area contributed by atoms with Gasteiger partial charge in [-0.1, -0.05) is 12.1 Å². The average Bonchev–Trinajstić information content (AvgIpc) is 3.10. The van der Waals surface area contributed by atoms with E-state index >= 15 is 0 Å². The molecule has 0 saturated heterocycles. The van der Waals surface area contributed by atoms with E-state index in [1.165, 1.54) is 17.7 Å². The van der Waals surface area contributed by atoms with Gasteiger partial charge in [-0.05, 0) is 40.9 Å². The molecule has 1 N–H and O–H groups in total. The van der Waals surface area contributed by atoms with Crippen molar-refractivity contribution in [3.63, 3.8) is 0 Å². The van der Waals surface area contributed by atoms with Gasteiger partial charge in [-0.25, -0.2) is 0 Å². The fourth-order valence-electron chi connectivity index (χ4n) is 1.39. The lowest BCUT2D eigenvalue weighted by Crippen LogP contribution is -2.31. The fourth-order valence-corrected chi connectivity index (χ4v) is 2.92. The number of halogens is 1. The van der Waals surface area contributed by atoms with Crippen LogP contribution in [0.2, 0.25) is 0 Å². The third kappa shape index (κ3) is 3.51. The molecule has 0 aromatic heterocycles. The number of thioether (sulfide) groups is 1. The molecule has 1 atom stereocenters. The Labute approximate surface area is 109 Å². The highest BCUT2D eigenvalue weighted by atomic mass is 79.9. The summed E-state index contributed by atoms with van der Waals surface area (Å²) >= 11 is 5.22. The third-order valence-corrected chi connectivity index (χ3v) is 4.53. The van der Waals surface area contributed by atoms with E-state index in [4.69, 9.17) is 5.26 Å². The topological polar surface area (TPSA) is 35.8 Å². The zero-order valence-corrected chi connectivity index (χ0v) is 11.2. The second kappa shape index (κ2) is 5.72. The number of rotatable bonds is 5. The van der Waals surface area contributed by atoms with Gasteiger partial charge in [0.05, 0.1) is 6.07 Å². The van der Waals surface area contributed by atoms with Crippen LogP contribution in [0.25, 0.3) is 0 Å². The zero-order chi connectivity index (χ0) is 11.4. The molecule has 0 bridgehead atoms. The second-order valence-corrected chi connectivity index (χ2v) is 5.78. The van der Waals surface area contributed by atoms with Crippen LogP contribution < -0.4 is 5.32 Å². The summed E-state index contributed by atoms with van der Waals surface area (Å²) in [5, 5.41) is 12.3. The van der Waals surface area contributed by atoms with Gasteiger partial charge in [0.1, 0.15) is 6.04 Å². The van der Waals surface area contributed by atoms with Crippen molar-refractivity contribution in [3.8, 4) is 6.07 Å². The normalized spacial score (nSPS) is 16.8. The minimum Gasteiger partial charge on any atom is -0.298 e. The molecule has 1 saturated carbocycles. The maximum absolute atomic E-state index is 9.01. The summed E-state index contributed by atoms with van der Waals surface area (Å²) in [6, 6.07) is 11.0. The highest BCUT2D eigenvalue weighted by molar-refractivity contribution is 9.10. The summed E-state index contributed by atoms with van der Waals surface area (Å²) in [5.74, 6) is 0.801. The maximum atomic E-state index is 9.01. The molecule has 1 aromatic carbocycles. The van der Waals surface area contributed by atoms with Gasteiger partial charge in [0.2, 0.25) is 0 Å². The summed E-state index contributed by atoms with van der Waals surface area (Å²) in [4.78, 5) is 1.19. The minimum atomic E-state index is -0.0374. The smallest absolute Gasteiger partial charge is 0.105 e. The number of hydrogen-bond acceptors (Lipinski definition) is 3. The van der Waals surface area contributed by atoms with Crippen LogP contribution in [-0.2, 0) is 0 Å². The lowest BCUT2D eigenvalue weighted by atomic mass is 10.4. The molecule has 1 fully saturated rings. The first kappa shape index (κ1) is 12.0. The minimum absolute atomic E-state index is 0.0374. The molecule has 0 aliphatic heterocycles.